The zero-order chi connectivity index (χ0) is 19.5. The average Bonchev–Trinajstić information content (AvgIpc) is 2.90. The third kappa shape index (κ3) is 1.79. The van der Waals surface area contributed by atoms with E-state index >= 15 is 0 Å². The number of hydrogen-bond donors (Lipinski definition) is 4. The number of rotatable bonds is 0. The molecule has 0 aromatic carbocycles. The van der Waals surface area contributed by atoms with Crippen molar-refractivity contribution in [1.82, 2.24) is 0 Å². The molecule has 27 heavy (non-hydrogen) atoms. The minimum atomic E-state index is -1.84. The Balaban J connectivity index is 1.77. The third-order valence-electron chi connectivity index (χ3n) is 8.78. The lowest BCUT2D eigenvalue weighted by Crippen LogP contribution is -2.76. The van der Waals surface area contributed by atoms with Gasteiger partial charge in [0.25, 0.3) is 0 Å². The Labute approximate surface area is 158 Å². The monoisotopic (exact) mass is 380 g/mol. The van der Waals surface area contributed by atoms with E-state index in [0.717, 1.165) is 5.57 Å². The van der Waals surface area contributed by atoms with Crippen molar-refractivity contribution < 1.29 is 34.7 Å². The van der Waals surface area contributed by atoms with Crippen molar-refractivity contribution in [3.8, 4) is 0 Å². The summed E-state index contributed by atoms with van der Waals surface area (Å²) in [6.07, 6.45) is -1.46. The van der Waals surface area contributed by atoms with Crippen molar-refractivity contribution in [3.63, 3.8) is 0 Å². The third-order valence-corrected chi connectivity index (χ3v) is 8.78. The smallest absolute Gasteiger partial charge is 0.306 e. The van der Waals surface area contributed by atoms with E-state index in [1.807, 2.05) is 20.8 Å². The van der Waals surface area contributed by atoms with Crippen LogP contribution in [-0.4, -0.2) is 63.2 Å². The molecule has 0 amide bonds. The van der Waals surface area contributed by atoms with Gasteiger partial charge < -0.3 is 29.9 Å². The van der Waals surface area contributed by atoms with Crippen LogP contribution in [0.2, 0.25) is 0 Å². The van der Waals surface area contributed by atoms with E-state index in [4.69, 9.17) is 9.47 Å². The quantitative estimate of drug-likeness (QED) is 0.344. The van der Waals surface area contributed by atoms with Crippen LogP contribution in [0.3, 0.4) is 0 Å². The fourth-order valence-corrected chi connectivity index (χ4v) is 7.70. The molecule has 7 heteroatoms. The molecule has 150 valence electrons. The molecule has 11 atom stereocenters. The maximum absolute atomic E-state index is 12.3. The number of ether oxygens (including phenoxy) is 2. The predicted molar refractivity (Wildman–Crippen MR) is 92.0 cm³/mol. The van der Waals surface area contributed by atoms with E-state index in [-0.39, 0.29) is 36.8 Å². The van der Waals surface area contributed by atoms with Crippen LogP contribution in [0.25, 0.3) is 0 Å². The first-order valence-electron chi connectivity index (χ1n) is 9.86. The summed E-state index contributed by atoms with van der Waals surface area (Å²) < 4.78 is 11.7. The number of allylic oxidation sites excluding steroid dienone is 1. The maximum atomic E-state index is 12.3. The number of carbonyl (C=O) groups is 1. The Morgan fingerprint density at radius 2 is 1.93 bits per heavy atom. The Hall–Kier alpha value is -0.990. The van der Waals surface area contributed by atoms with Crippen molar-refractivity contribution in [2.75, 3.05) is 6.61 Å². The highest BCUT2D eigenvalue weighted by atomic mass is 16.6. The molecule has 2 aliphatic heterocycles. The lowest BCUT2D eigenvalue weighted by atomic mass is 9.38. The second kappa shape index (κ2) is 5.13. The minimum Gasteiger partial charge on any atom is -0.462 e. The molecule has 1 spiro atoms. The Morgan fingerprint density at radius 1 is 1.22 bits per heavy atom. The molecule has 4 N–H and O–H groups in total. The second-order valence-electron chi connectivity index (χ2n) is 9.68. The first-order chi connectivity index (χ1) is 12.6. The highest BCUT2D eigenvalue weighted by Gasteiger charge is 2.81. The Morgan fingerprint density at radius 3 is 2.63 bits per heavy atom. The van der Waals surface area contributed by atoms with Crippen molar-refractivity contribution >= 4 is 5.97 Å². The lowest BCUT2D eigenvalue weighted by molar-refractivity contribution is -0.337. The van der Waals surface area contributed by atoms with Crippen LogP contribution in [0.15, 0.2) is 11.6 Å². The van der Waals surface area contributed by atoms with Crippen LogP contribution in [0.1, 0.15) is 33.6 Å². The molecular formula is C20H28O7. The van der Waals surface area contributed by atoms with Crippen LogP contribution in [0.4, 0.5) is 0 Å². The molecule has 0 aromatic heterocycles. The van der Waals surface area contributed by atoms with E-state index in [9.17, 15) is 25.2 Å². The molecule has 5 aliphatic rings. The minimum absolute atomic E-state index is 0.166. The van der Waals surface area contributed by atoms with Gasteiger partial charge >= 0.3 is 5.97 Å². The van der Waals surface area contributed by atoms with Gasteiger partial charge in [0.15, 0.2) is 5.79 Å². The van der Waals surface area contributed by atoms with Gasteiger partial charge in [-0.2, -0.15) is 0 Å². The topological polar surface area (TPSA) is 116 Å². The van der Waals surface area contributed by atoms with E-state index < -0.39 is 47.0 Å². The standard InChI is InChI=1S/C20H28O7/c1-8-4-12(21)16(24)18(3)10(8)5-13-19-7-26-20(25,17(18)19)15(23)9(2)11(19)6-14(22)27-13/h4,9-13,15-17,21,23-25H,5-7H2,1-3H3/t9-,10+,11+,12+,13-,15-,16-,17-,18-,19-,20-/m1/s1. The van der Waals surface area contributed by atoms with Gasteiger partial charge in [0, 0.05) is 23.2 Å². The number of aliphatic hydroxyl groups excluding tert-OH is 3. The fraction of sp³-hybridized carbons (Fsp3) is 0.850. The highest BCUT2D eigenvalue weighted by Crippen LogP contribution is 2.73. The largest absolute Gasteiger partial charge is 0.462 e. The normalized spacial score (nSPS) is 61.6. The van der Waals surface area contributed by atoms with Gasteiger partial charge in [-0.15, -0.1) is 0 Å². The average molecular weight is 380 g/mol. The van der Waals surface area contributed by atoms with Gasteiger partial charge in [-0.1, -0.05) is 25.5 Å². The summed E-state index contributed by atoms with van der Waals surface area (Å²) in [4.78, 5) is 12.3. The van der Waals surface area contributed by atoms with Gasteiger partial charge in [-0.05, 0) is 31.1 Å². The Bertz CT molecular complexity index is 736. The van der Waals surface area contributed by atoms with E-state index in [1.54, 1.807) is 6.08 Å². The number of hydrogen-bond acceptors (Lipinski definition) is 7. The van der Waals surface area contributed by atoms with E-state index in [1.165, 1.54) is 0 Å². The van der Waals surface area contributed by atoms with Gasteiger partial charge in [-0.3, -0.25) is 4.79 Å². The van der Waals surface area contributed by atoms with Crippen molar-refractivity contribution in [3.05, 3.63) is 11.6 Å². The number of esters is 1. The first kappa shape index (κ1) is 18.1. The molecule has 4 fully saturated rings. The summed E-state index contributed by atoms with van der Waals surface area (Å²) in [5, 5.41) is 44.1. The molecule has 3 aliphatic carbocycles. The summed E-state index contributed by atoms with van der Waals surface area (Å²) in [5.41, 5.74) is -0.687. The summed E-state index contributed by atoms with van der Waals surface area (Å²) in [5.74, 6) is -3.53. The van der Waals surface area contributed by atoms with Gasteiger partial charge in [0.2, 0.25) is 0 Å². The molecule has 0 unspecified atom stereocenters. The number of carbonyl (C=O) groups excluding carboxylic acids is 1. The molecule has 5 rings (SSSR count). The summed E-state index contributed by atoms with van der Waals surface area (Å²) in [6.45, 7) is 5.79. The highest BCUT2D eigenvalue weighted by molar-refractivity contribution is 5.71. The fourth-order valence-electron chi connectivity index (χ4n) is 7.70. The molecule has 2 saturated heterocycles. The molecule has 2 bridgehead atoms. The van der Waals surface area contributed by atoms with E-state index in [0.29, 0.717) is 6.42 Å². The van der Waals surface area contributed by atoms with Crippen LogP contribution in [-0.2, 0) is 14.3 Å². The predicted octanol–water partition coefficient (Wildman–Crippen LogP) is -0.0420. The van der Waals surface area contributed by atoms with E-state index in [2.05, 4.69) is 0 Å². The van der Waals surface area contributed by atoms with Crippen LogP contribution in [0.5, 0.6) is 0 Å². The SMILES string of the molecule is CC1=C[C@H](O)[C@@H](O)[C@]2(C)[C@H]3[C@]4(O)OC[C@@]35[C@@H](C[C@@H]12)OC(=O)C[C@H]5[C@@H](C)[C@H]4O. The zero-order valence-corrected chi connectivity index (χ0v) is 15.8. The summed E-state index contributed by atoms with van der Waals surface area (Å²) >= 11 is 0. The van der Waals surface area contributed by atoms with Gasteiger partial charge in [-0.25, -0.2) is 0 Å². The second-order valence-corrected chi connectivity index (χ2v) is 9.68. The molecule has 7 nitrogen and oxygen atoms in total. The zero-order valence-electron chi connectivity index (χ0n) is 15.8. The molecule has 2 heterocycles. The van der Waals surface area contributed by atoms with Crippen molar-refractivity contribution in [2.45, 2.75) is 63.8 Å². The molecular weight excluding hydrogens is 352 g/mol. The van der Waals surface area contributed by atoms with Gasteiger partial charge in [0.05, 0.1) is 18.8 Å². The van der Waals surface area contributed by atoms with Crippen LogP contribution in [0, 0.1) is 34.5 Å². The van der Waals surface area contributed by atoms with Crippen molar-refractivity contribution in [2.24, 2.45) is 34.5 Å². The lowest BCUT2D eigenvalue weighted by Gasteiger charge is -2.68. The van der Waals surface area contributed by atoms with Crippen LogP contribution >= 0.6 is 0 Å². The van der Waals surface area contributed by atoms with Crippen LogP contribution < -0.4 is 0 Å². The number of aliphatic hydroxyl groups is 4. The number of fused-ring (bicyclic) bond motifs is 1. The first-order valence-corrected chi connectivity index (χ1v) is 9.86. The van der Waals surface area contributed by atoms with Gasteiger partial charge in [0.1, 0.15) is 12.2 Å². The Kier molecular flexibility index (Phi) is 3.43. The molecule has 2 saturated carbocycles. The summed E-state index contributed by atoms with van der Waals surface area (Å²) in [7, 11) is 0. The molecule has 0 radical (unpaired) electrons. The van der Waals surface area contributed by atoms with Crippen molar-refractivity contribution in [1.29, 1.82) is 0 Å². The summed E-state index contributed by atoms with van der Waals surface area (Å²) in [6, 6.07) is 0. The maximum Gasteiger partial charge on any atom is 0.306 e. The molecule has 0 aromatic rings.